The van der Waals surface area contributed by atoms with Crippen LogP contribution in [0.15, 0.2) is 24.3 Å². The SMILES string of the molecule is CC(C)(C)c1ccc(C(=O)N2CCC3(CC2)CC(N)C3)cc1. The lowest BCUT2D eigenvalue weighted by atomic mass is 9.61. The van der Waals surface area contributed by atoms with E-state index in [1.54, 1.807) is 0 Å². The van der Waals surface area contributed by atoms with Crippen LogP contribution in [0.3, 0.4) is 0 Å². The highest BCUT2D eigenvalue weighted by Crippen LogP contribution is 2.48. The fourth-order valence-corrected chi connectivity index (χ4v) is 3.94. The van der Waals surface area contributed by atoms with Crippen molar-refractivity contribution in [2.24, 2.45) is 11.1 Å². The van der Waals surface area contributed by atoms with E-state index in [0.717, 1.165) is 44.3 Å². The molecule has 1 saturated heterocycles. The zero-order valence-electron chi connectivity index (χ0n) is 14.1. The van der Waals surface area contributed by atoms with Gasteiger partial charge in [-0.3, -0.25) is 4.79 Å². The van der Waals surface area contributed by atoms with Crippen LogP contribution in [0.25, 0.3) is 0 Å². The number of carbonyl (C=O) groups excluding carboxylic acids is 1. The lowest BCUT2D eigenvalue weighted by Gasteiger charge is -2.51. The van der Waals surface area contributed by atoms with Crippen LogP contribution in [-0.4, -0.2) is 29.9 Å². The third-order valence-electron chi connectivity index (χ3n) is 5.50. The molecule has 2 aliphatic rings. The van der Waals surface area contributed by atoms with Gasteiger partial charge in [0.1, 0.15) is 0 Å². The molecule has 1 spiro atoms. The maximum absolute atomic E-state index is 12.6. The van der Waals surface area contributed by atoms with Gasteiger partial charge in [-0.05, 0) is 54.2 Å². The second-order valence-electron chi connectivity index (χ2n) is 8.29. The number of piperidine rings is 1. The summed E-state index contributed by atoms with van der Waals surface area (Å²) in [5.74, 6) is 0.180. The lowest BCUT2D eigenvalue weighted by Crippen LogP contribution is -2.53. The van der Waals surface area contributed by atoms with Gasteiger partial charge in [0.15, 0.2) is 0 Å². The first-order chi connectivity index (χ1) is 10.3. The van der Waals surface area contributed by atoms with E-state index in [1.165, 1.54) is 5.56 Å². The molecule has 0 radical (unpaired) electrons. The number of carbonyl (C=O) groups is 1. The van der Waals surface area contributed by atoms with Crippen LogP contribution in [0.2, 0.25) is 0 Å². The third-order valence-corrected chi connectivity index (χ3v) is 5.50. The number of rotatable bonds is 1. The summed E-state index contributed by atoms with van der Waals surface area (Å²) < 4.78 is 0. The largest absolute Gasteiger partial charge is 0.339 e. The van der Waals surface area contributed by atoms with E-state index in [1.807, 2.05) is 17.0 Å². The van der Waals surface area contributed by atoms with Gasteiger partial charge in [0.25, 0.3) is 5.91 Å². The van der Waals surface area contributed by atoms with Crippen molar-refractivity contribution in [3.8, 4) is 0 Å². The Bertz CT molecular complexity index is 540. The molecule has 1 aromatic carbocycles. The van der Waals surface area contributed by atoms with Crippen molar-refractivity contribution in [1.29, 1.82) is 0 Å². The first-order valence-electron chi connectivity index (χ1n) is 8.45. The highest BCUT2D eigenvalue weighted by Gasteiger charge is 2.44. The quantitative estimate of drug-likeness (QED) is 0.864. The summed E-state index contributed by atoms with van der Waals surface area (Å²) in [6.07, 6.45) is 4.53. The van der Waals surface area contributed by atoms with Gasteiger partial charge >= 0.3 is 0 Å². The van der Waals surface area contributed by atoms with Crippen molar-refractivity contribution < 1.29 is 4.79 Å². The standard InChI is InChI=1S/C19H28N2O/c1-18(2,3)15-6-4-14(5-7-15)17(22)21-10-8-19(9-11-21)12-16(20)13-19/h4-7,16H,8-13,20H2,1-3H3. The average Bonchev–Trinajstić information content (AvgIpc) is 2.45. The minimum atomic E-state index is 0.127. The van der Waals surface area contributed by atoms with Crippen LogP contribution in [-0.2, 0) is 5.41 Å². The molecule has 2 fully saturated rings. The molecule has 120 valence electrons. The van der Waals surface area contributed by atoms with Crippen molar-refractivity contribution in [2.45, 2.75) is 57.9 Å². The molecule has 22 heavy (non-hydrogen) atoms. The molecule has 0 unspecified atom stereocenters. The third kappa shape index (κ3) is 2.91. The number of benzene rings is 1. The zero-order chi connectivity index (χ0) is 16.0. The lowest BCUT2D eigenvalue weighted by molar-refractivity contribution is 0.0176. The Morgan fingerprint density at radius 2 is 1.68 bits per heavy atom. The maximum Gasteiger partial charge on any atom is 0.253 e. The van der Waals surface area contributed by atoms with Gasteiger partial charge in [-0.1, -0.05) is 32.9 Å². The van der Waals surface area contributed by atoms with Crippen LogP contribution < -0.4 is 5.73 Å². The number of nitrogens with zero attached hydrogens (tertiary/aromatic N) is 1. The second-order valence-corrected chi connectivity index (χ2v) is 8.29. The van der Waals surface area contributed by atoms with Gasteiger partial charge < -0.3 is 10.6 Å². The van der Waals surface area contributed by atoms with Crippen molar-refractivity contribution >= 4 is 5.91 Å². The molecule has 1 aliphatic carbocycles. The van der Waals surface area contributed by atoms with E-state index in [4.69, 9.17) is 5.73 Å². The molecule has 2 N–H and O–H groups in total. The Hall–Kier alpha value is -1.35. The Kier molecular flexibility index (Phi) is 3.80. The molecule has 1 saturated carbocycles. The molecule has 3 rings (SSSR count). The molecule has 1 amide bonds. The molecule has 0 atom stereocenters. The monoisotopic (exact) mass is 300 g/mol. The molecular weight excluding hydrogens is 272 g/mol. The van der Waals surface area contributed by atoms with Gasteiger partial charge in [0, 0.05) is 24.7 Å². The zero-order valence-corrected chi connectivity index (χ0v) is 14.1. The van der Waals surface area contributed by atoms with E-state index in [9.17, 15) is 4.79 Å². The summed E-state index contributed by atoms with van der Waals surface area (Å²) in [5.41, 5.74) is 8.60. The molecule has 0 bridgehead atoms. The van der Waals surface area contributed by atoms with Crippen LogP contribution in [0.4, 0.5) is 0 Å². The molecule has 3 heteroatoms. The van der Waals surface area contributed by atoms with Crippen LogP contribution in [0.1, 0.15) is 62.4 Å². The topological polar surface area (TPSA) is 46.3 Å². The highest BCUT2D eigenvalue weighted by atomic mass is 16.2. The summed E-state index contributed by atoms with van der Waals surface area (Å²) in [6.45, 7) is 8.34. The second kappa shape index (κ2) is 5.38. The predicted octanol–water partition coefficient (Wildman–Crippen LogP) is 3.33. The van der Waals surface area contributed by atoms with Crippen molar-refractivity contribution in [2.75, 3.05) is 13.1 Å². The summed E-state index contributed by atoms with van der Waals surface area (Å²) in [6, 6.07) is 8.53. The Labute approximate surface area is 133 Å². The number of nitrogens with two attached hydrogens (primary N) is 1. The average molecular weight is 300 g/mol. The Morgan fingerprint density at radius 3 is 2.14 bits per heavy atom. The molecule has 3 nitrogen and oxygen atoms in total. The Balaban J connectivity index is 1.63. The Morgan fingerprint density at radius 1 is 1.14 bits per heavy atom. The summed E-state index contributed by atoms with van der Waals surface area (Å²) in [7, 11) is 0. The number of likely N-dealkylation sites (tertiary alicyclic amines) is 1. The summed E-state index contributed by atoms with van der Waals surface area (Å²) in [5, 5.41) is 0. The molecule has 1 aromatic rings. The minimum absolute atomic E-state index is 0.127. The van der Waals surface area contributed by atoms with Gasteiger partial charge in [0.05, 0.1) is 0 Å². The predicted molar refractivity (Wildman–Crippen MR) is 89.9 cm³/mol. The number of amides is 1. The first-order valence-corrected chi connectivity index (χ1v) is 8.45. The van der Waals surface area contributed by atoms with Crippen molar-refractivity contribution in [3.05, 3.63) is 35.4 Å². The normalized spacial score (nSPS) is 21.7. The van der Waals surface area contributed by atoms with Gasteiger partial charge in [0.2, 0.25) is 0 Å². The van der Waals surface area contributed by atoms with Crippen molar-refractivity contribution in [1.82, 2.24) is 4.90 Å². The van der Waals surface area contributed by atoms with E-state index in [2.05, 4.69) is 32.9 Å². The van der Waals surface area contributed by atoms with E-state index < -0.39 is 0 Å². The van der Waals surface area contributed by atoms with E-state index in [0.29, 0.717) is 11.5 Å². The maximum atomic E-state index is 12.6. The molecule has 1 heterocycles. The van der Waals surface area contributed by atoms with Crippen molar-refractivity contribution in [3.63, 3.8) is 0 Å². The van der Waals surface area contributed by atoms with E-state index in [-0.39, 0.29) is 11.3 Å². The fourth-order valence-electron chi connectivity index (χ4n) is 3.94. The van der Waals surface area contributed by atoms with Gasteiger partial charge in [-0.15, -0.1) is 0 Å². The van der Waals surface area contributed by atoms with Crippen LogP contribution in [0, 0.1) is 5.41 Å². The van der Waals surface area contributed by atoms with Crippen LogP contribution in [0.5, 0.6) is 0 Å². The highest BCUT2D eigenvalue weighted by molar-refractivity contribution is 5.94. The summed E-state index contributed by atoms with van der Waals surface area (Å²) in [4.78, 5) is 14.7. The van der Waals surface area contributed by atoms with Crippen LogP contribution >= 0.6 is 0 Å². The van der Waals surface area contributed by atoms with Gasteiger partial charge in [-0.25, -0.2) is 0 Å². The molecule has 0 aromatic heterocycles. The smallest absolute Gasteiger partial charge is 0.253 e. The van der Waals surface area contributed by atoms with Gasteiger partial charge in [-0.2, -0.15) is 0 Å². The fraction of sp³-hybridized carbons (Fsp3) is 0.632. The van der Waals surface area contributed by atoms with E-state index >= 15 is 0 Å². The minimum Gasteiger partial charge on any atom is -0.339 e. The molecular formula is C19H28N2O. The first kappa shape index (κ1) is 15.5. The molecule has 1 aliphatic heterocycles. The summed E-state index contributed by atoms with van der Waals surface area (Å²) >= 11 is 0. The number of hydrogen-bond donors (Lipinski definition) is 1. The number of hydrogen-bond acceptors (Lipinski definition) is 2.